The summed E-state index contributed by atoms with van der Waals surface area (Å²) in [6.45, 7) is 3.63. The quantitative estimate of drug-likeness (QED) is 0.0264. The van der Waals surface area contributed by atoms with Crippen molar-refractivity contribution in [3.63, 3.8) is 0 Å². The van der Waals surface area contributed by atoms with Gasteiger partial charge in [-0.1, -0.05) is 304 Å². The lowest BCUT2D eigenvalue weighted by Crippen LogP contribution is -2.29. The third kappa shape index (κ3) is 66.2. The average Bonchev–Trinajstić information content (AvgIpc) is 3.46. The molecule has 0 aliphatic rings. The molecule has 0 amide bonds. The molecule has 0 aliphatic heterocycles. The normalized spacial score (nSPS) is 13.5. The summed E-state index contributed by atoms with van der Waals surface area (Å²) in [4.78, 5) is 35.3. The van der Waals surface area contributed by atoms with Gasteiger partial charge in [-0.3, -0.25) is 18.6 Å². The maximum atomic E-state index is 12.7. The lowest BCUT2D eigenvalue weighted by molar-refractivity contribution is -0.161. The monoisotopic (exact) mass is 1150 g/mol. The van der Waals surface area contributed by atoms with Gasteiger partial charge in [0, 0.05) is 19.4 Å². The fourth-order valence-electron chi connectivity index (χ4n) is 9.76. The van der Waals surface area contributed by atoms with E-state index in [0.29, 0.717) is 6.42 Å². The van der Waals surface area contributed by atoms with Crippen molar-refractivity contribution in [3.8, 4) is 0 Å². The van der Waals surface area contributed by atoms with Gasteiger partial charge in [-0.25, -0.2) is 4.57 Å². The average molecular weight is 1150 g/mol. The van der Waals surface area contributed by atoms with Gasteiger partial charge in [-0.15, -0.1) is 0 Å². The second kappa shape index (κ2) is 66.3. The number of nitrogens with two attached hydrogens (primary N) is 1. The smallest absolute Gasteiger partial charge is 0.462 e. The molecule has 10 heteroatoms. The Morgan fingerprint density at radius 1 is 0.383 bits per heavy atom. The number of unbranched alkanes of at least 4 members (excludes halogenated alkanes) is 37. The number of esters is 2. The standard InChI is InChI=1S/C71H128NO8P/c1-3-5-7-9-11-13-15-17-19-21-23-25-27-28-29-30-31-32-33-34-35-36-37-38-39-40-42-43-45-47-49-51-53-55-57-59-61-63-70(73)77-67-69(68-79-81(75,76)78-66-65-72)80-71(74)64-62-60-58-56-54-52-50-48-46-44-41-26-24-22-20-18-16-14-12-10-8-6-4-2/h6,8,12,14,18,20-21,23-24,26,44,46,50,52,69H,3-5,7,9-11,13,15-17,19,22,25,27-43,45,47-49,51,53-68,72H2,1-2H3,(H,75,76)/b8-6-,14-12-,20-18-,23-21-,26-24-,46-44-,52-50-. The highest BCUT2D eigenvalue weighted by atomic mass is 31.2. The van der Waals surface area contributed by atoms with Crippen LogP contribution in [0.5, 0.6) is 0 Å². The van der Waals surface area contributed by atoms with E-state index in [1.807, 2.05) is 0 Å². The summed E-state index contributed by atoms with van der Waals surface area (Å²) in [6, 6.07) is 0. The molecule has 0 fully saturated rings. The van der Waals surface area contributed by atoms with Crippen molar-refractivity contribution in [1.82, 2.24) is 0 Å². The molecule has 0 aromatic carbocycles. The summed E-state index contributed by atoms with van der Waals surface area (Å²) in [5, 5.41) is 0. The summed E-state index contributed by atoms with van der Waals surface area (Å²) in [5.41, 5.74) is 5.39. The zero-order valence-electron chi connectivity index (χ0n) is 52.8. The molecule has 2 atom stereocenters. The molecule has 0 spiro atoms. The van der Waals surface area contributed by atoms with Gasteiger partial charge >= 0.3 is 19.8 Å². The Kier molecular flexibility index (Phi) is 64.0. The minimum absolute atomic E-state index is 0.0461. The van der Waals surface area contributed by atoms with E-state index in [1.165, 1.54) is 205 Å². The first kappa shape index (κ1) is 78.2. The van der Waals surface area contributed by atoms with Crippen molar-refractivity contribution in [1.29, 1.82) is 0 Å². The van der Waals surface area contributed by atoms with Crippen LogP contribution in [0.25, 0.3) is 0 Å². The number of hydrogen-bond acceptors (Lipinski definition) is 8. The van der Waals surface area contributed by atoms with Crippen LogP contribution in [0.2, 0.25) is 0 Å². The van der Waals surface area contributed by atoms with Gasteiger partial charge < -0.3 is 20.1 Å². The van der Waals surface area contributed by atoms with E-state index in [9.17, 15) is 19.0 Å². The Balaban J connectivity index is 3.85. The fourth-order valence-corrected chi connectivity index (χ4v) is 10.5. The first-order chi connectivity index (χ1) is 39.8. The maximum Gasteiger partial charge on any atom is 0.472 e. The zero-order chi connectivity index (χ0) is 58.7. The van der Waals surface area contributed by atoms with E-state index in [-0.39, 0.29) is 38.6 Å². The van der Waals surface area contributed by atoms with Crippen LogP contribution < -0.4 is 5.73 Å². The largest absolute Gasteiger partial charge is 0.472 e. The first-order valence-electron chi connectivity index (χ1n) is 34.1. The van der Waals surface area contributed by atoms with Crippen LogP contribution in [0.3, 0.4) is 0 Å². The minimum Gasteiger partial charge on any atom is -0.462 e. The van der Waals surface area contributed by atoms with Crippen molar-refractivity contribution in [2.45, 2.75) is 328 Å². The van der Waals surface area contributed by atoms with Gasteiger partial charge in [0.05, 0.1) is 13.2 Å². The van der Waals surface area contributed by atoms with E-state index in [2.05, 4.69) is 98.9 Å². The van der Waals surface area contributed by atoms with Crippen molar-refractivity contribution in [3.05, 3.63) is 85.1 Å². The Morgan fingerprint density at radius 3 is 1.02 bits per heavy atom. The molecule has 0 saturated heterocycles. The highest BCUT2D eigenvalue weighted by molar-refractivity contribution is 7.47. The molecular weight excluding hydrogens is 1030 g/mol. The molecule has 0 aromatic rings. The molecule has 0 saturated carbocycles. The van der Waals surface area contributed by atoms with Crippen LogP contribution >= 0.6 is 7.82 Å². The number of allylic oxidation sites excluding steroid dienone is 14. The predicted molar refractivity (Wildman–Crippen MR) is 349 cm³/mol. The Bertz CT molecular complexity index is 1600. The van der Waals surface area contributed by atoms with Crippen LogP contribution in [-0.2, 0) is 32.7 Å². The number of ether oxygens (including phenoxy) is 2. The molecule has 0 heterocycles. The van der Waals surface area contributed by atoms with Gasteiger partial charge in [-0.2, -0.15) is 0 Å². The van der Waals surface area contributed by atoms with Crippen molar-refractivity contribution >= 4 is 19.8 Å². The summed E-state index contributed by atoms with van der Waals surface area (Å²) >= 11 is 0. The predicted octanol–water partition coefficient (Wildman–Crippen LogP) is 22.2. The lowest BCUT2D eigenvalue weighted by Gasteiger charge is -2.19. The Morgan fingerprint density at radius 2 is 0.679 bits per heavy atom. The molecule has 0 aromatic heterocycles. The van der Waals surface area contributed by atoms with E-state index in [1.54, 1.807) is 0 Å². The molecule has 0 rings (SSSR count). The second-order valence-corrected chi connectivity index (χ2v) is 24.1. The molecule has 9 nitrogen and oxygen atoms in total. The molecule has 0 radical (unpaired) electrons. The number of hydrogen-bond donors (Lipinski definition) is 2. The number of carbonyl (C=O) groups excluding carboxylic acids is 2. The molecule has 3 N–H and O–H groups in total. The van der Waals surface area contributed by atoms with Gasteiger partial charge in [0.15, 0.2) is 6.10 Å². The number of phosphoric ester groups is 1. The maximum absolute atomic E-state index is 12.7. The Hall–Kier alpha value is -2.81. The molecule has 0 aliphatic carbocycles. The SMILES string of the molecule is CC/C=C\C/C=C\C/C=C\C/C=C\C/C=C\C/C=C\CCCCCCC(=O)OC(COC(=O)CCCCCCCCCCCCCCCCCCCCCCCCCCC/C=C\CCCCCCCCCC)COP(=O)(O)OCCN. The van der Waals surface area contributed by atoms with Gasteiger partial charge in [0.2, 0.25) is 0 Å². The van der Waals surface area contributed by atoms with Crippen LogP contribution in [-0.4, -0.2) is 49.3 Å². The van der Waals surface area contributed by atoms with Crippen LogP contribution in [0.1, 0.15) is 322 Å². The van der Waals surface area contributed by atoms with E-state index in [4.69, 9.17) is 24.3 Å². The fraction of sp³-hybridized carbons (Fsp3) is 0.775. The first-order valence-corrected chi connectivity index (χ1v) is 35.6. The molecule has 81 heavy (non-hydrogen) atoms. The van der Waals surface area contributed by atoms with Crippen LogP contribution in [0.4, 0.5) is 0 Å². The van der Waals surface area contributed by atoms with Gasteiger partial charge in [-0.05, 0) is 89.9 Å². The lowest BCUT2D eigenvalue weighted by atomic mass is 10.0. The highest BCUT2D eigenvalue weighted by Crippen LogP contribution is 2.43. The second-order valence-electron chi connectivity index (χ2n) is 22.7. The topological polar surface area (TPSA) is 134 Å². The number of rotatable bonds is 64. The third-order valence-electron chi connectivity index (χ3n) is 14.8. The van der Waals surface area contributed by atoms with E-state index in [0.717, 1.165) is 83.5 Å². The molecule has 0 bridgehead atoms. The summed E-state index contributed by atoms with van der Waals surface area (Å²) in [7, 11) is -4.40. The van der Waals surface area contributed by atoms with Gasteiger partial charge in [0.1, 0.15) is 6.61 Å². The molecule has 470 valence electrons. The van der Waals surface area contributed by atoms with Crippen molar-refractivity contribution in [2.75, 3.05) is 26.4 Å². The number of carbonyl (C=O) groups is 2. The van der Waals surface area contributed by atoms with Crippen LogP contribution in [0, 0.1) is 0 Å². The van der Waals surface area contributed by atoms with E-state index < -0.39 is 26.5 Å². The summed E-state index contributed by atoms with van der Waals surface area (Å²) in [6.07, 6.45) is 88.3. The summed E-state index contributed by atoms with van der Waals surface area (Å²) < 4.78 is 33.1. The molecule has 2 unspecified atom stereocenters. The van der Waals surface area contributed by atoms with Crippen molar-refractivity contribution < 1.29 is 37.6 Å². The van der Waals surface area contributed by atoms with Crippen LogP contribution in [0.15, 0.2) is 85.1 Å². The van der Waals surface area contributed by atoms with Crippen molar-refractivity contribution in [2.24, 2.45) is 5.73 Å². The highest BCUT2D eigenvalue weighted by Gasteiger charge is 2.26. The zero-order valence-corrected chi connectivity index (χ0v) is 53.7. The third-order valence-corrected chi connectivity index (χ3v) is 15.7. The van der Waals surface area contributed by atoms with E-state index >= 15 is 0 Å². The Labute approximate surface area is 500 Å². The molecular formula is C71H128NO8P. The number of phosphoric acid groups is 1. The van der Waals surface area contributed by atoms with Gasteiger partial charge in [0.25, 0.3) is 0 Å². The summed E-state index contributed by atoms with van der Waals surface area (Å²) in [5.74, 6) is -0.849. The minimum atomic E-state index is -4.40.